The van der Waals surface area contributed by atoms with E-state index in [1.807, 2.05) is 0 Å². The highest BCUT2D eigenvalue weighted by atomic mass is 32.2. The van der Waals surface area contributed by atoms with Crippen LogP contribution < -0.4 is 5.32 Å². The zero-order valence-electron chi connectivity index (χ0n) is 15.5. The molecule has 0 unspecified atom stereocenters. The molecule has 0 bridgehead atoms. The van der Waals surface area contributed by atoms with Crippen molar-refractivity contribution in [3.05, 3.63) is 35.4 Å². The van der Waals surface area contributed by atoms with Crippen LogP contribution in [0.2, 0.25) is 0 Å². The van der Waals surface area contributed by atoms with Crippen LogP contribution in [0, 0.1) is 12.8 Å². The summed E-state index contributed by atoms with van der Waals surface area (Å²) in [6.45, 7) is 5.70. The van der Waals surface area contributed by atoms with Gasteiger partial charge in [-0.1, -0.05) is 42.7 Å². The van der Waals surface area contributed by atoms with Crippen LogP contribution in [-0.2, 0) is 10.5 Å². The second-order valence-corrected chi connectivity index (χ2v) is 8.76. The van der Waals surface area contributed by atoms with Crippen LogP contribution in [0.15, 0.2) is 24.3 Å². The number of rotatable bonds is 7. The van der Waals surface area contributed by atoms with Crippen LogP contribution in [0.3, 0.4) is 0 Å². The normalized spacial score (nSPS) is 20.0. The fourth-order valence-corrected chi connectivity index (χ4v) is 4.94. The van der Waals surface area contributed by atoms with E-state index in [4.69, 9.17) is 0 Å². The summed E-state index contributed by atoms with van der Waals surface area (Å²) < 4.78 is 0. The zero-order valence-corrected chi connectivity index (χ0v) is 16.3. The number of thioether (sulfide) groups is 1. The van der Waals surface area contributed by atoms with Gasteiger partial charge < -0.3 is 10.2 Å². The molecule has 1 aromatic carbocycles. The Morgan fingerprint density at radius 3 is 2.68 bits per heavy atom. The number of carbonyl (C=O) groups excluding carboxylic acids is 1. The predicted molar refractivity (Wildman–Crippen MR) is 107 cm³/mol. The first-order valence-electron chi connectivity index (χ1n) is 9.84. The summed E-state index contributed by atoms with van der Waals surface area (Å²) in [6.07, 6.45) is 7.93. The maximum Gasteiger partial charge on any atom is 0.230 e. The lowest BCUT2D eigenvalue weighted by Crippen LogP contribution is -2.46. The number of piperidine rings is 1. The summed E-state index contributed by atoms with van der Waals surface area (Å²) in [5, 5.41) is 3.24. The van der Waals surface area contributed by atoms with Crippen molar-refractivity contribution in [1.29, 1.82) is 0 Å². The van der Waals surface area contributed by atoms with E-state index in [0.717, 1.165) is 37.6 Å². The molecule has 1 saturated carbocycles. The highest BCUT2D eigenvalue weighted by Gasteiger charge is 2.24. The third-order valence-electron chi connectivity index (χ3n) is 5.53. The third-order valence-corrected chi connectivity index (χ3v) is 6.53. The Hall–Kier alpha value is -1.00. The van der Waals surface area contributed by atoms with Gasteiger partial charge in [0.2, 0.25) is 5.91 Å². The van der Waals surface area contributed by atoms with E-state index in [2.05, 4.69) is 41.4 Å². The van der Waals surface area contributed by atoms with Crippen LogP contribution in [0.4, 0.5) is 0 Å². The Balaban J connectivity index is 1.29. The molecule has 0 atom stereocenters. The van der Waals surface area contributed by atoms with Crippen molar-refractivity contribution in [3.63, 3.8) is 0 Å². The van der Waals surface area contributed by atoms with Crippen LogP contribution in [0.25, 0.3) is 0 Å². The molecule has 1 amide bonds. The van der Waals surface area contributed by atoms with Crippen molar-refractivity contribution >= 4 is 17.7 Å². The van der Waals surface area contributed by atoms with E-state index >= 15 is 0 Å². The monoisotopic (exact) mass is 360 g/mol. The fraction of sp³-hybridized carbons (Fsp3) is 0.667. The van der Waals surface area contributed by atoms with Gasteiger partial charge in [0.1, 0.15) is 0 Å². The average Bonchev–Trinajstić information content (AvgIpc) is 3.10. The third kappa shape index (κ3) is 6.34. The van der Waals surface area contributed by atoms with Gasteiger partial charge in [-0.15, -0.1) is 11.8 Å². The standard InChI is InChI=1S/C21H32N2OS/c1-17-5-4-8-19(13-17)15-25-16-21(24)22-20-9-11-23(12-10-20)14-18-6-2-3-7-18/h4-5,8,13,18,20H,2-3,6-7,9-12,14-16H2,1H3,(H,22,24). The zero-order chi connectivity index (χ0) is 17.5. The lowest BCUT2D eigenvalue weighted by molar-refractivity contribution is -0.119. The molecule has 0 radical (unpaired) electrons. The maximum atomic E-state index is 12.2. The molecule has 1 aliphatic carbocycles. The van der Waals surface area contributed by atoms with E-state index in [1.165, 1.54) is 43.4 Å². The second-order valence-electron chi connectivity index (χ2n) is 7.77. The van der Waals surface area contributed by atoms with Gasteiger partial charge in [0, 0.05) is 31.4 Å². The van der Waals surface area contributed by atoms with E-state index in [9.17, 15) is 4.79 Å². The Bertz CT molecular complexity index is 549. The Kier molecular flexibility index (Phi) is 7.23. The molecule has 138 valence electrons. The van der Waals surface area contributed by atoms with E-state index in [1.54, 1.807) is 11.8 Å². The molecule has 2 fully saturated rings. The van der Waals surface area contributed by atoms with Gasteiger partial charge in [-0.2, -0.15) is 0 Å². The van der Waals surface area contributed by atoms with Crippen LogP contribution >= 0.6 is 11.8 Å². The molecule has 1 heterocycles. The molecule has 4 heteroatoms. The Labute approximate surface area is 156 Å². The summed E-state index contributed by atoms with van der Waals surface area (Å²) in [7, 11) is 0. The number of nitrogens with one attached hydrogen (secondary N) is 1. The first-order valence-corrected chi connectivity index (χ1v) is 11.0. The summed E-state index contributed by atoms with van der Waals surface area (Å²) in [5.41, 5.74) is 2.59. The van der Waals surface area contributed by atoms with Gasteiger partial charge in [-0.25, -0.2) is 0 Å². The van der Waals surface area contributed by atoms with Crippen molar-refractivity contribution in [1.82, 2.24) is 10.2 Å². The number of likely N-dealkylation sites (tertiary alicyclic amines) is 1. The van der Waals surface area contributed by atoms with Crippen LogP contribution in [0.5, 0.6) is 0 Å². The summed E-state index contributed by atoms with van der Waals surface area (Å²) >= 11 is 1.71. The minimum atomic E-state index is 0.201. The van der Waals surface area contributed by atoms with Crippen molar-refractivity contribution in [2.45, 2.75) is 57.2 Å². The van der Waals surface area contributed by atoms with Crippen molar-refractivity contribution in [2.75, 3.05) is 25.4 Å². The number of amides is 1. The molecule has 25 heavy (non-hydrogen) atoms. The molecule has 0 spiro atoms. The number of hydrogen-bond donors (Lipinski definition) is 1. The smallest absolute Gasteiger partial charge is 0.230 e. The highest BCUT2D eigenvalue weighted by Crippen LogP contribution is 2.26. The van der Waals surface area contributed by atoms with Crippen molar-refractivity contribution in [3.8, 4) is 0 Å². The first kappa shape index (κ1) is 18.8. The van der Waals surface area contributed by atoms with Gasteiger partial charge in [0.25, 0.3) is 0 Å². The molecular weight excluding hydrogens is 328 g/mol. The van der Waals surface area contributed by atoms with Gasteiger partial charge in [-0.3, -0.25) is 4.79 Å². The van der Waals surface area contributed by atoms with E-state index in [-0.39, 0.29) is 5.91 Å². The maximum absolute atomic E-state index is 12.2. The molecule has 2 aliphatic rings. The minimum Gasteiger partial charge on any atom is -0.353 e. The van der Waals surface area contributed by atoms with E-state index < -0.39 is 0 Å². The molecule has 1 aromatic rings. The Morgan fingerprint density at radius 2 is 1.96 bits per heavy atom. The fourth-order valence-electron chi connectivity index (χ4n) is 4.15. The van der Waals surface area contributed by atoms with Gasteiger partial charge in [0.15, 0.2) is 0 Å². The molecular formula is C21H32N2OS. The van der Waals surface area contributed by atoms with Crippen molar-refractivity contribution < 1.29 is 4.79 Å². The quantitative estimate of drug-likeness (QED) is 0.798. The SMILES string of the molecule is Cc1cccc(CSCC(=O)NC2CCN(CC3CCCC3)CC2)c1. The lowest BCUT2D eigenvalue weighted by atomic mass is 10.0. The van der Waals surface area contributed by atoms with Gasteiger partial charge in [0.05, 0.1) is 5.75 Å². The number of aryl methyl sites for hydroxylation is 1. The molecule has 0 aromatic heterocycles. The molecule has 3 rings (SSSR count). The predicted octanol–water partition coefficient (Wildman–Crippen LogP) is 4.00. The molecule has 3 nitrogen and oxygen atoms in total. The summed E-state index contributed by atoms with van der Waals surface area (Å²) in [6, 6.07) is 8.92. The largest absolute Gasteiger partial charge is 0.353 e. The number of carbonyl (C=O) groups is 1. The minimum absolute atomic E-state index is 0.201. The average molecular weight is 361 g/mol. The number of nitrogens with zero attached hydrogens (tertiary/aromatic N) is 1. The molecule has 1 N–H and O–H groups in total. The van der Waals surface area contributed by atoms with Crippen LogP contribution in [-0.4, -0.2) is 42.2 Å². The highest BCUT2D eigenvalue weighted by molar-refractivity contribution is 7.99. The summed E-state index contributed by atoms with van der Waals surface area (Å²) in [5.74, 6) is 2.61. The van der Waals surface area contributed by atoms with Crippen molar-refractivity contribution in [2.24, 2.45) is 5.92 Å². The second kappa shape index (κ2) is 9.63. The molecule has 1 aliphatic heterocycles. The molecule has 1 saturated heterocycles. The number of hydrogen-bond acceptors (Lipinski definition) is 3. The Morgan fingerprint density at radius 1 is 1.20 bits per heavy atom. The van der Waals surface area contributed by atoms with E-state index in [0.29, 0.717) is 11.8 Å². The first-order chi connectivity index (χ1) is 12.2. The number of benzene rings is 1. The van der Waals surface area contributed by atoms with Gasteiger partial charge in [-0.05, 0) is 44.1 Å². The lowest BCUT2D eigenvalue weighted by Gasteiger charge is -2.33. The summed E-state index contributed by atoms with van der Waals surface area (Å²) in [4.78, 5) is 14.8. The van der Waals surface area contributed by atoms with Gasteiger partial charge >= 0.3 is 0 Å². The topological polar surface area (TPSA) is 32.3 Å². The van der Waals surface area contributed by atoms with Crippen LogP contribution in [0.1, 0.15) is 49.7 Å².